The van der Waals surface area contributed by atoms with E-state index in [1.54, 1.807) is 43.3 Å². The smallest absolute Gasteiger partial charge is 0.339 e. The van der Waals surface area contributed by atoms with Crippen molar-refractivity contribution in [2.75, 3.05) is 0 Å². The van der Waals surface area contributed by atoms with Gasteiger partial charge < -0.3 is 4.18 Å². The Morgan fingerprint density at radius 1 is 0.721 bits per heavy atom. The van der Waals surface area contributed by atoms with E-state index >= 15 is 0 Å². The SMILES string of the molecule is C/C(=N\NC(=O)C(Cc1ccc(OS(=O)(=O)c2ccc(C)cc2)cc1)NS(=O)(=O)c1ccc(C)cc1)c1ccc(C)cc1. The van der Waals surface area contributed by atoms with E-state index in [1.165, 1.54) is 36.4 Å². The predicted octanol–water partition coefficient (Wildman–Crippen LogP) is 4.81. The van der Waals surface area contributed by atoms with E-state index in [9.17, 15) is 21.6 Å². The van der Waals surface area contributed by atoms with Gasteiger partial charge in [0.25, 0.3) is 5.91 Å². The summed E-state index contributed by atoms with van der Waals surface area (Å²) in [7, 11) is -8.11. The van der Waals surface area contributed by atoms with Crippen LogP contribution in [-0.2, 0) is 31.4 Å². The van der Waals surface area contributed by atoms with Crippen LogP contribution in [0.25, 0.3) is 0 Å². The number of hydrogen-bond acceptors (Lipinski definition) is 7. The number of carbonyl (C=O) groups is 1. The van der Waals surface area contributed by atoms with Gasteiger partial charge in [-0.15, -0.1) is 0 Å². The van der Waals surface area contributed by atoms with E-state index in [1.807, 2.05) is 45.0 Å². The van der Waals surface area contributed by atoms with Gasteiger partial charge in [-0.2, -0.15) is 18.2 Å². The van der Waals surface area contributed by atoms with Crippen LogP contribution >= 0.6 is 0 Å². The first-order valence-corrected chi connectivity index (χ1v) is 16.3. The average molecular weight is 620 g/mol. The monoisotopic (exact) mass is 619 g/mol. The zero-order chi connectivity index (χ0) is 31.2. The minimum absolute atomic E-state index is 0.0142. The molecule has 0 aliphatic heterocycles. The molecule has 0 bridgehead atoms. The minimum atomic E-state index is -4.07. The lowest BCUT2D eigenvalue weighted by Crippen LogP contribution is -2.46. The van der Waals surface area contributed by atoms with Crippen LogP contribution in [0.5, 0.6) is 5.75 Å². The first kappa shape index (κ1) is 31.6. The third-order valence-corrected chi connectivity index (χ3v) is 9.38. The molecule has 224 valence electrons. The Kier molecular flexibility index (Phi) is 9.80. The van der Waals surface area contributed by atoms with Crippen molar-refractivity contribution < 1.29 is 25.8 Å². The van der Waals surface area contributed by atoms with Gasteiger partial charge in [0, 0.05) is 0 Å². The van der Waals surface area contributed by atoms with Crippen LogP contribution in [0.3, 0.4) is 0 Å². The highest BCUT2D eigenvalue weighted by atomic mass is 32.2. The van der Waals surface area contributed by atoms with Gasteiger partial charge in [0.05, 0.1) is 10.6 Å². The van der Waals surface area contributed by atoms with Crippen LogP contribution in [0.1, 0.15) is 34.7 Å². The molecule has 4 aromatic carbocycles. The summed E-state index contributed by atoms with van der Waals surface area (Å²) in [5, 5.41) is 4.19. The zero-order valence-corrected chi connectivity index (χ0v) is 25.9. The molecule has 0 radical (unpaired) electrons. The molecule has 9 nitrogen and oxygen atoms in total. The van der Waals surface area contributed by atoms with Crippen molar-refractivity contribution in [2.24, 2.45) is 5.10 Å². The topological polar surface area (TPSA) is 131 Å². The number of rotatable bonds is 11. The third-order valence-electron chi connectivity index (χ3n) is 6.63. The van der Waals surface area contributed by atoms with E-state index < -0.39 is 32.1 Å². The summed E-state index contributed by atoms with van der Waals surface area (Å²) in [4.78, 5) is 13.3. The van der Waals surface area contributed by atoms with E-state index in [-0.39, 0.29) is 22.0 Å². The van der Waals surface area contributed by atoms with Gasteiger partial charge in [-0.25, -0.2) is 13.8 Å². The number of carbonyl (C=O) groups excluding carboxylic acids is 1. The molecule has 43 heavy (non-hydrogen) atoms. The number of aryl methyl sites for hydroxylation is 3. The lowest BCUT2D eigenvalue weighted by atomic mass is 10.1. The zero-order valence-electron chi connectivity index (χ0n) is 24.2. The first-order valence-electron chi connectivity index (χ1n) is 13.4. The molecule has 1 unspecified atom stereocenters. The van der Waals surface area contributed by atoms with Crippen molar-refractivity contribution in [1.82, 2.24) is 10.1 Å². The molecule has 0 fully saturated rings. The van der Waals surface area contributed by atoms with E-state index in [0.29, 0.717) is 11.3 Å². The maximum absolute atomic E-state index is 13.3. The fourth-order valence-corrected chi connectivity index (χ4v) is 6.16. The number of nitrogens with one attached hydrogen (secondary N) is 2. The van der Waals surface area contributed by atoms with Crippen LogP contribution in [0.2, 0.25) is 0 Å². The molecule has 0 aliphatic carbocycles. The Morgan fingerprint density at radius 3 is 1.74 bits per heavy atom. The standard InChI is InChI=1S/C32H33N3O6S2/c1-22-5-13-27(14-6-22)25(4)33-34-32(36)31(35-42(37,38)29-17-7-23(2)8-18-29)21-26-11-15-28(16-12-26)41-43(39,40)30-19-9-24(3)10-20-30/h5-20,31,35H,21H2,1-4H3,(H,34,36)/b33-25+. The summed E-state index contributed by atoms with van der Waals surface area (Å²) in [6, 6.07) is 25.0. The molecule has 4 rings (SSSR count). The summed E-state index contributed by atoms with van der Waals surface area (Å²) < 4.78 is 59.5. The van der Waals surface area contributed by atoms with Crippen molar-refractivity contribution in [2.45, 2.75) is 49.9 Å². The molecule has 1 amide bonds. The van der Waals surface area contributed by atoms with Crippen LogP contribution in [0.4, 0.5) is 0 Å². The summed E-state index contributed by atoms with van der Waals surface area (Å²) >= 11 is 0. The molecule has 4 aromatic rings. The molecule has 2 N–H and O–H groups in total. The second-order valence-corrected chi connectivity index (χ2v) is 13.5. The lowest BCUT2D eigenvalue weighted by Gasteiger charge is -2.18. The molecular weight excluding hydrogens is 587 g/mol. The van der Waals surface area contributed by atoms with Crippen LogP contribution in [-0.4, -0.2) is 34.5 Å². The number of sulfonamides is 1. The van der Waals surface area contributed by atoms with Crippen molar-refractivity contribution in [3.05, 3.63) is 125 Å². The second kappa shape index (κ2) is 13.3. The van der Waals surface area contributed by atoms with Crippen molar-refractivity contribution in [3.8, 4) is 5.75 Å². The largest absolute Gasteiger partial charge is 0.379 e. The quantitative estimate of drug-likeness (QED) is 0.141. The van der Waals surface area contributed by atoms with E-state index in [4.69, 9.17) is 4.18 Å². The van der Waals surface area contributed by atoms with Gasteiger partial charge in [0.1, 0.15) is 16.7 Å². The van der Waals surface area contributed by atoms with Gasteiger partial charge in [-0.1, -0.05) is 77.4 Å². The average Bonchev–Trinajstić information content (AvgIpc) is 2.97. The van der Waals surface area contributed by atoms with Crippen LogP contribution in [0.15, 0.2) is 112 Å². The Hall–Kier alpha value is -4.32. The van der Waals surface area contributed by atoms with Crippen molar-refractivity contribution in [1.29, 1.82) is 0 Å². The maximum Gasteiger partial charge on any atom is 0.339 e. The van der Waals surface area contributed by atoms with Gasteiger partial charge in [0.2, 0.25) is 10.0 Å². The number of hydrogen-bond donors (Lipinski definition) is 2. The molecule has 0 aliphatic rings. The minimum Gasteiger partial charge on any atom is -0.379 e. The fraction of sp³-hybridized carbons (Fsp3) is 0.188. The van der Waals surface area contributed by atoms with Gasteiger partial charge in [-0.3, -0.25) is 4.79 Å². The summed E-state index contributed by atoms with van der Waals surface area (Å²) in [5.41, 5.74) is 7.27. The van der Waals surface area contributed by atoms with E-state index in [2.05, 4.69) is 15.2 Å². The highest BCUT2D eigenvalue weighted by Crippen LogP contribution is 2.21. The van der Waals surface area contributed by atoms with Crippen LogP contribution in [0, 0.1) is 20.8 Å². The molecule has 0 spiro atoms. The highest BCUT2D eigenvalue weighted by Gasteiger charge is 2.26. The Labute approximate surface area is 252 Å². The summed E-state index contributed by atoms with van der Waals surface area (Å²) in [6.45, 7) is 7.39. The number of nitrogens with zero attached hydrogens (tertiary/aromatic N) is 1. The van der Waals surface area contributed by atoms with E-state index in [0.717, 1.165) is 22.3 Å². The third kappa shape index (κ3) is 8.60. The second-order valence-electron chi connectivity index (χ2n) is 10.2. The molecule has 11 heteroatoms. The maximum atomic E-state index is 13.3. The van der Waals surface area contributed by atoms with Gasteiger partial charge >= 0.3 is 10.1 Å². The van der Waals surface area contributed by atoms with Gasteiger partial charge in [0.15, 0.2) is 0 Å². The Balaban J connectivity index is 1.54. The molecule has 0 aromatic heterocycles. The van der Waals surface area contributed by atoms with Crippen LogP contribution < -0.4 is 14.3 Å². The fourth-order valence-electron chi connectivity index (χ4n) is 4.03. The molecular formula is C32H33N3O6S2. The molecule has 0 saturated carbocycles. The first-order chi connectivity index (χ1) is 20.3. The highest BCUT2D eigenvalue weighted by molar-refractivity contribution is 7.89. The summed E-state index contributed by atoms with van der Waals surface area (Å²) in [6.07, 6.45) is -0.0407. The Morgan fingerprint density at radius 2 is 1.21 bits per heavy atom. The lowest BCUT2D eigenvalue weighted by molar-refractivity contribution is -0.122. The number of hydrazone groups is 1. The predicted molar refractivity (Wildman–Crippen MR) is 166 cm³/mol. The van der Waals surface area contributed by atoms with Crippen molar-refractivity contribution >= 4 is 31.8 Å². The Bertz CT molecular complexity index is 1820. The summed E-state index contributed by atoms with van der Waals surface area (Å²) in [5.74, 6) is -0.590. The van der Waals surface area contributed by atoms with Gasteiger partial charge in [-0.05, 0) is 81.6 Å². The molecule has 0 heterocycles. The number of amides is 1. The normalized spacial score (nSPS) is 12.9. The number of benzene rings is 4. The molecule has 1 atom stereocenters. The molecule has 0 saturated heterocycles. The van der Waals surface area contributed by atoms with Crippen molar-refractivity contribution in [3.63, 3.8) is 0 Å².